The van der Waals surface area contributed by atoms with Crippen molar-refractivity contribution in [3.05, 3.63) is 51.8 Å². The van der Waals surface area contributed by atoms with Gasteiger partial charge in [0.1, 0.15) is 17.9 Å². The number of carboxylic acid groups (broad SMARTS) is 1. The second-order valence-corrected chi connectivity index (χ2v) is 5.14. The Hall–Kier alpha value is -4.20. The summed E-state index contributed by atoms with van der Waals surface area (Å²) in [5.74, 6) is -5.77. The number of carbonyl (C=O) groups is 2. The van der Waals surface area contributed by atoms with Crippen molar-refractivity contribution in [1.82, 2.24) is 0 Å². The number of nitro groups is 1. The highest BCUT2D eigenvalue weighted by atomic mass is 19.1. The monoisotopic (exact) mass is 390 g/mol. The SMILES string of the molecule is COc1cc(C#N)cc(Oc2c([N+](=O)[O-])ccc(OC(=O)CC(=O)O)c2F)c1. The number of hydrogen-bond acceptors (Lipinski definition) is 8. The maximum atomic E-state index is 14.7. The lowest BCUT2D eigenvalue weighted by Crippen LogP contribution is -2.14. The van der Waals surface area contributed by atoms with Crippen LogP contribution in [-0.4, -0.2) is 29.1 Å². The largest absolute Gasteiger partial charge is 0.497 e. The smallest absolute Gasteiger partial charge is 0.322 e. The topological polar surface area (TPSA) is 149 Å². The normalized spacial score (nSPS) is 9.89. The molecule has 0 heterocycles. The molecule has 0 fully saturated rings. The lowest BCUT2D eigenvalue weighted by atomic mass is 10.2. The van der Waals surface area contributed by atoms with Crippen LogP contribution in [0.15, 0.2) is 30.3 Å². The van der Waals surface area contributed by atoms with Crippen LogP contribution in [0.4, 0.5) is 10.1 Å². The first-order valence-corrected chi connectivity index (χ1v) is 7.41. The van der Waals surface area contributed by atoms with E-state index in [2.05, 4.69) is 4.74 Å². The number of benzene rings is 2. The second-order valence-electron chi connectivity index (χ2n) is 5.14. The van der Waals surface area contributed by atoms with Crippen LogP contribution in [0.5, 0.6) is 23.0 Å². The molecule has 1 N–H and O–H groups in total. The van der Waals surface area contributed by atoms with Gasteiger partial charge in [-0.2, -0.15) is 9.65 Å². The lowest BCUT2D eigenvalue weighted by molar-refractivity contribution is -0.385. The van der Waals surface area contributed by atoms with Gasteiger partial charge in [-0.1, -0.05) is 0 Å². The number of rotatable bonds is 7. The van der Waals surface area contributed by atoms with E-state index < -0.39 is 46.3 Å². The summed E-state index contributed by atoms with van der Waals surface area (Å²) >= 11 is 0. The van der Waals surface area contributed by atoms with Crippen molar-refractivity contribution in [2.45, 2.75) is 6.42 Å². The molecule has 2 rings (SSSR count). The molecule has 28 heavy (non-hydrogen) atoms. The summed E-state index contributed by atoms with van der Waals surface area (Å²) in [4.78, 5) is 32.2. The number of aliphatic carboxylic acids is 1. The van der Waals surface area contributed by atoms with Crippen molar-refractivity contribution in [3.8, 4) is 29.1 Å². The molecule has 0 amide bonds. The summed E-state index contributed by atoms with van der Waals surface area (Å²) in [5, 5.41) is 28.7. The van der Waals surface area contributed by atoms with Crippen molar-refractivity contribution in [2.75, 3.05) is 7.11 Å². The van der Waals surface area contributed by atoms with Crippen LogP contribution in [-0.2, 0) is 9.59 Å². The molecule has 2 aromatic carbocycles. The fourth-order valence-corrected chi connectivity index (χ4v) is 2.06. The van der Waals surface area contributed by atoms with Crippen LogP contribution >= 0.6 is 0 Å². The standard InChI is InChI=1S/C17H11FN2O8/c1-26-10-4-9(8-19)5-11(6-10)27-17-12(20(24)25)2-3-13(16(17)18)28-15(23)7-14(21)22/h2-6H,7H2,1H3,(H,21,22). The van der Waals surface area contributed by atoms with Gasteiger partial charge in [0.25, 0.3) is 0 Å². The molecule has 0 unspecified atom stereocenters. The van der Waals surface area contributed by atoms with E-state index in [1.807, 2.05) is 6.07 Å². The Labute approximate surface area is 156 Å². The molecule has 11 heteroatoms. The Morgan fingerprint density at radius 2 is 1.96 bits per heavy atom. The summed E-state index contributed by atoms with van der Waals surface area (Å²) in [5.41, 5.74) is -0.696. The van der Waals surface area contributed by atoms with Gasteiger partial charge in [0.2, 0.25) is 11.6 Å². The van der Waals surface area contributed by atoms with Gasteiger partial charge >= 0.3 is 17.6 Å². The molecule has 10 nitrogen and oxygen atoms in total. The number of nitro benzene ring substituents is 1. The van der Waals surface area contributed by atoms with Crippen LogP contribution in [0.3, 0.4) is 0 Å². The summed E-state index contributed by atoms with van der Waals surface area (Å²) in [6.07, 6.45) is -1.03. The number of hydrogen-bond donors (Lipinski definition) is 1. The zero-order valence-electron chi connectivity index (χ0n) is 14.2. The first-order valence-electron chi connectivity index (χ1n) is 7.41. The van der Waals surface area contributed by atoms with Crippen LogP contribution in [0.2, 0.25) is 0 Å². The van der Waals surface area contributed by atoms with Gasteiger partial charge in [0.05, 0.1) is 23.7 Å². The number of nitrogens with zero attached hydrogens (tertiary/aromatic N) is 2. The third-order valence-corrected chi connectivity index (χ3v) is 3.22. The van der Waals surface area contributed by atoms with E-state index in [1.165, 1.54) is 25.3 Å². The van der Waals surface area contributed by atoms with E-state index in [-0.39, 0.29) is 17.1 Å². The van der Waals surface area contributed by atoms with Crippen LogP contribution in [0, 0.1) is 27.3 Å². The first kappa shape index (κ1) is 20.1. The van der Waals surface area contributed by atoms with Gasteiger partial charge in [-0.3, -0.25) is 19.7 Å². The molecule has 0 radical (unpaired) electrons. The number of nitriles is 1. The maximum absolute atomic E-state index is 14.7. The first-order chi connectivity index (χ1) is 13.2. The third kappa shape index (κ3) is 4.70. The quantitative estimate of drug-likeness (QED) is 0.247. The van der Waals surface area contributed by atoms with Gasteiger partial charge < -0.3 is 19.3 Å². The molecule has 0 aliphatic heterocycles. The molecule has 0 aromatic heterocycles. The summed E-state index contributed by atoms with van der Waals surface area (Å²) < 4.78 is 29.5. The predicted molar refractivity (Wildman–Crippen MR) is 88.7 cm³/mol. The van der Waals surface area contributed by atoms with Crippen molar-refractivity contribution < 1.29 is 38.2 Å². The van der Waals surface area contributed by atoms with E-state index in [0.717, 1.165) is 12.1 Å². The second kappa shape index (κ2) is 8.45. The zero-order valence-corrected chi connectivity index (χ0v) is 14.2. The average Bonchev–Trinajstić information content (AvgIpc) is 2.63. The minimum absolute atomic E-state index is 0.0847. The molecule has 144 valence electrons. The highest BCUT2D eigenvalue weighted by molar-refractivity contribution is 5.91. The molecule has 0 saturated carbocycles. The number of ether oxygens (including phenoxy) is 3. The van der Waals surface area contributed by atoms with Gasteiger partial charge in [0.15, 0.2) is 5.75 Å². The third-order valence-electron chi connectivity index (χ3n) is 3.22. The molecule has 0 spiro atoms. The van der Waals surface area contributed by atoms with Crippen LogP contribution < -0.4 is 14.2 Å². The fourth-order valence-electron chi connectivity index (χ4n) is 2.06. The van der Waals surface area contributed by atoms with E-state index in [1.54, 1.807) is 0 Å². The summed E-state index contributed by atoms with van der Waals surface area (Å²) in [6.45, 7) is 0. The van der Waals surface area contributed by atoms with E-state index >= 15 is 0 Å². The Balaban J connectivity index is 2.48. The average molecular weight is 390 g/mol. The minimum Gasteiger partial charge on any atom is -0.497 e. The summed E-state index contributed by atoms with van der Waals surface area (Å²) in [6, 6.07) is 7.26. The Morgan fingerprint density at radius 3 is 2.54 bits per heavy atom. The lowest BCUT2D eigenvalue weighted by Gasteiger charge is -2.11. The van der Waals surface area contributed by atoms with Crippen molar-refractivity contribution >= 4 is 17.6 Å². The van der Waals surface area contributed by atoms with Gasteiger partial charge in [-0.15, -0.1) is 0 Å². The zero-order chi connectivity index (χ0) is 20.8. The van der Waals surface area contributed by atoms with Gasteiger partial charge in [0, 0.05) is 12.1 Å². The Morgan fingerprint density at radius 1 is 1.29 bits per heavy atom. The fraction of sp³-hybridized carbons (Fsp3) is 0.118. The number of carbonyl (C=O) groups excluding carboxylic acids is 1. The van der Waals surface area contributed by atoms with E-state index in [0.29, 0.717) is 0 Å². The van der Waals surface area contributed by atoms with E-state index in [4.69, 9.17) is 19.8 Å². The molecule has 0 aliphatic rings. The van der Waals surface area contributed by atoms with Crippen molar-refractivity contribution in [1.29, 1.82) is 5.26 Å². The molecule has 0 atom stereocenters. The number of carboxylic acids is 1. The van der Waals surface area contributed by atoms with Crippen molar-refractivity contribution in [3.63, 3.8) is 0 Å². The number of methoxy groups -OCH3 is 1. The summed E-state index contributed by atoms with van der Waals surface area (Å²) in [7, 11) is 1.31. The molecular weight excluding hydrogens is 379 g/mol. The van der Waals surface area contributed by atoms with Crippen LogP contribution in [0.1, 0.15) is 12.0 Å². The highest BCUT2D eigenvalue weighted by Gasteiger charge is 2.26. The molecule has 0 bridgehead atoms. The minimum atomic E-state index is -1.50. The van der Waals surface area contributed by atoms with Crippen LogP contribution in [0.25, 0.3) is 0 Å². The molecular formula is C17H11FN2O8. The highest BCUT2D eigenvalue weighted by Crippen LogP contribution is 2.39. The van der Waals surface area contributed by atoms with Gasteiger partial charge in [-0.25, -0.2) is 0 Å². The molecule has 0 saturated heterocycles. The number of esters is 1. The number of halogens is 1. The Bertz CT molecular complexity index is 999. The molecule has 0 aliphatic carbocycles. The Kier molecular flexibility index (Phi) is 6.07. The van der Waals surface area contributed by atoms with Crippen molar-refractivity contribution in [2.24, 2.45) is 0 Å². The predicted octanol–water partition coefficient (Wildman–Crippen LogP) is 2.79. The van der Waals surface area contributed by atoms with E-state index in [9.17, 15) is 24.1 Å². The van der Waals surface area contributed by atoms with Gasteiger partial charge in [-0.05, 0) is 18.2 Å². The molecule has 2 aromatic rings. The maximum Gasteiger partial charge on any atom is 0.322 e.